The summed E-state index contributed by atoms with van der Waals surface area (Å²) >= 11 is 0. The van der Waals surface area contributed by atoms with Crippen LogP contribution in [0.2, 0.25) is 0 Å². The fraction of sp³-hybridized carbons (Fsp3) is 0.500. The van der Waals surface area contributed by atoms with E-state index < -0.39 is 18.3 Å². The van der Waals surface area contributed by atoms with Gasteiger partial charge in [-0.15, -0.1) is 0 Å². The van der Waals surface area contributed by atoms with Crippen molar-refractivity contribution in [3.8, 4) is 0 Å². The topological polar surface area (TPSA) is 62.4 Å². The number of pyridine rings is 1. The van der Waals surface area contributed by atoms with Crippen molar-refractivity contribution in [2.24, 2.45) is 0 Å². The van der Waals surface area contributed by atoms with Crippen LogP contribution in [0.5, 0.6) is 0 Å². The zero-order valence-electron chi connectivity index (χ0n) is 8.91. The van der Waals surface area contributed by atoms with Gasteiger partial charge in [-0.25, -0.2) is 4.98 Å². The van der Waals surface area contributed by atoms with E-state index in [2.05, 4.69) is 4.98 Å². The fourth-order valence-corrected chi connectivity index (χ4v) is 1.88. The molecule has 0 aliphatic carbocycles. The highest BCUT2D eigenvalue weighted by Crippen LogP contribution is 2.39. The first-order valence-electron chi connectivity index (χ1n) is 5.08. The molecule has 1 aromatic rings. The number of anilines is 2. The Bertz CT molecular complexity index is 424. The van der Waals surface area contributed by atoms with Crippen LogP contribution in [0.25, 0.3) is 0 Å². The minimum Gasteiger partial charge on any atom is -0.396 e. The Balaban J connectivity index is 2.22. The zero-order chi connectivity index (χ0) is 12.7. The van der Waals surface area contributed by atoms with E-state index in [-0.39, 0.29) is 18.8 Å². The predicted octanol–water partition coefficient (Wildman–Crippen LogP) is 1.17. The highest BCUT2D eigenvalue weighted by molar-refractivity contribution is 5.62. The molecule has 0 spiro atoms. The second-order valence-corrected chi connectivity index (χ2v) is 4.12. The number of aliphatic hydroxyl groups is 1. The molecule has 0 saturated carbocycles. The second kappa shape index (κ2) is 3.76. The molecular weight excluding hydrogens is 235 g/mol. The quantitative estimate of drug-likeness (QED) is 0.782. The van der Waals surface area contributed by atoms with Crippen molar-refractivity contribution in [1.29, 1.82) is 0 Å². The van der Waals surface area contributed by atoms with Crippen LogP contribution in [0, 0.1) is 0 Å². The van der Waals surface area contributed by atoms with Crippen LogP contribution >= 0.6 is 0 Å². The summed E-state index contributed by atoms with van der Waals surface area (Å²) in [5, 5.41) is 9.52. The van der Waals surface area contributed by atoms with Gasteiger partial charge in [0.25, 0.3) is 0 Å². The number of nitrogen functional groups attached to an aromatic ring is 1. The summed E-state index contributed by atoms with van der Waals surface area (Å²) in [4.78, 5) is 5.28. The molecule has 1 aliphatic heterocycles. The van der Waals surface area contributed by atoms with Gasteiger partial charge in [-0.05, 0) is 12.1 Å². The van der Waals surface area contributed by atoms with Crippen LogP contribution in [-0.4, -0.2) is 35.0 Å². The molecule has 1 aliphatic rings. The van der Waals surface area contributed by atoms with Crippen molar-refractivity contribution in [2.75, 3.05) is 23.7 Å². The first-order chi connectivity index (χ1) is 7.83. The first-order valence-corrected chi connectivity index (χ1v) is 5.08. The molecule has 0 aromatic carbocycles. The Morgan fingerprint density at radius 2 is 2.18 bits per heavy atom. The molecule has 0 radical (unpaired) electrons. The molecule has 2 heterocycles. The van der Waals surface area contributed by atoms with E-state index in [1.807, 2.05) is 0 Å². The molecule has 94 valence electrons. The van der Waals surface area contributed by atoms with E-state index in [0.717, 1.165) is 0 Å². The average molecular weight is 247 g/mol. The van der Waals surface area contributed by atoms with Gasteiger partial charge in [0.1, 0.15) is 0 Å². The third-order valence-electron chi connectivity index (χ3n) is 2.89. The maximum Gasteiger partial charge on any atom is 0.418 e. The minimum absolute atomic E-state index is 0.0806. The van der Waals surface area contributed by atoms with Crippen LogP contribution < -0.4 is 10.6 Å². The van der Waals surface area contributed by atoms with Gasteiger partial charge in [0, 0.05) is 19.2 Å². The number of nitrogens with two attached hydrogens (primary N) is 1. The lowest BCUT2D eigenvalue weighted by atomic mass is 10.0. The van der Waals surface area contributed by atoms with Crippen LogP contribution in [-0.2, 0) is 0 Å². The molecule has 3 N–H and O–H groups in total. The summed E-state index contributed by atoms with van der Waals surface area (Å²) in [6.07, 6.45) is -3.55. The van der Waals surface area contributed by atoms with Gasteiger partial charge >= 0.3 is 6.18 Å². The molecule has 7 heteroatoms. The molecule has 1 atom stereocenters. The number of β-amino-alcohol motifs (C(OH)–C–C–N with tert-alkyl or cyclic N) is 1. The predicted molar refractivity (Wildman–Crippen MR) is 56.5 cm³/mol. The monoisotopic (exact) mass is 247 g/mol. The van der Waals surface area contributed by atoms with E-state index in [9.17, 15) is 18.3 Å². The molecule has 1 fully saturated rings. The van der Waals surface area contributed by atoms with Crippen LogP contribution in [0.4, 0.5) is 24.7 Å². The van der Waals surface area contributed by atoms with E-state index in [4.69, 9.17) is 5.73 Å². The summed E-state index contributed by atoms with van der Waals surface area (Å²) in [7, 11) is 0. The Hall–Kier alpha value is -1.50. The van der Waals surface area contributed by atoms with Gasteiger partial charge in [-0.3, -0.25) is 0 Å². The van der Waals surface area contributed by atoms with Gasteiger partial charge in [0.05, 0.1) is 12.2 Å². The molecule has 1 saturated heterocycles. The molecular formula is C10H12F3N3O. The lowest BCUT2D eigenvalue weighted by Crippen LogP contribution is -2.47. The Kier molecular flexibility index (Phi) is 2.65. The number of rotatable bonds is 1. The van der Waals surface area contributed by atoms with E-state index >= 15 is 0 Å². The lowest BCUT2D eigenvalue weighted by molar-refractivity contribution is -0.250. The molecule has 0 bridgehead atoms. The molecule has 1 unspecified atom stereocenters. The van der Waals surface area contributed by atoms with Gasteiger partial charge in [0.15, 0.2) is 11.4 Å². The number of halogens is 3. The normalized spacial score (nSPS) is 25.3. The van der Waals surface area contributed by atoms with Gasteiger partial charge in [-0.1, -0.05) is 0 Å². The van der Waals surface area contributed by atoms with Crippen molar-refractivity contribution in [3.05, 3.63) is 18.3 Å². The number of nitrogens with zero attached hydrogens (tertiary/aromatic N) is 2. The number of hydrogen-bond donors (Lipinski definition) is 2. The average Bonchev–Trinajstić information content (AvgIpc) is 2.62. The van der Waals surface area contributed by atoms with Crippen molar-refractivity contribution in [2.45, 2.75) is 18.2 Å². The summed E-state index contributed by atoms with van der Waals surface area (Å²) in [5.41, 5.74) is 3.27. The first kappa shape index (κ1) is 12.0. The molecule has 2 rings (SSSR count). The number of alkyl halides is 3. The third kappa shape index (κ3) is 2.02. The standard InChI is InChI=1S/C10H12F3N3O/c11-10(12,13)9(17)3-5-16(6-9)8-7(14)2-1-4-15-8/h1-2,4,17H,3,5-6,14H2. The van der Waals surface area contributed by atoms with Crippen molar-refractivity contribution < 1.29 is 18.3 Å². The Morgan fingerprint density at radius 1 is 1.47 bits per heavy atom. The van der Waals surface area contributed by atoms with E-state index in [0.29, 0.717) is 5.69 Å². The molecule has 4 nitrogen and oxygen atoms in total. The van der Waals surface area contributed by atoms with Gasteiger partial charge in [-0.2, -0.15) is 13.2 Å². The largest absolute Gasteiger partial charge is 0.418 e. The summed E-state index contributed by atoms with van der Waals surface area (Å²) in [5.74, 6) is 0.285. The Labute approximate surface area is 95.9 Å². The van der Waals surface area contributed by atoms with Crippen molar-refractivity contribution in [1.82, 2.24) is 4.98 Å². The second-order valence-electron chi connectivity index (χ2n) is 4.12. The smallest absolute Gasteiger partial charge is 0.396 e. The third-order valence-corrected chi connectivity index (χ3v) is 2.89. The van der Waals surface area contributed by atoms with E-state index in [1.54, 1.807) is 12.1 Å². The summed E-state index contributed by atoms with van der Waals surface area (Å²) in [6.45, 7) is -0.449. The number of aromatic nitrogens is 1. The molecule has 0 amide bonds. The molecule has 1 aromatic heterocycles. The van der Waals surface area contributed by atoms with Crippen molar-refractivity contribution >= 4 is 11.5 Å². The highest BCUT2D eigenvalue weighted by atomic mass is 19.4. The minimum atomic E-state index is -4.63. The van der Waals surface area contributed by atoms with E-state index in [1.165, 1.54) is 11.1 Å². The zero-order valence-corrected chi connectivity index (χ0v) is 8.91. The fourth-order valence-electron chi connectivity index (χ4n) is 1.88. The molecule has 17 heavy (non-hydrogen) atoms. The Morgan fingerprint density at radius 3 is 2.71 bits per heavy atom. The van der Waals surface area contributed by atoms with Gasteiger partial charge in [0.2, 0.25) is 0 Å². The van der Waals surface area contributed by atoms with Crippen molar-refractivity contribution in [3.63, 3.8) is 0 Å². The van der Waals surface area contributed by atoms with Crippen LogP contribution in [0.3, 0.4) is 0 Å². The van der Waals surface area contributed by atoms with Crippen LogP contribution in [0.1, 0.15) is 6.42 Å². The number of hydrogen-bond acceptors (Lipinski definition) is 4. The summed E-state index contributed by atoms with van der Waals surface area (Å²) in [6, 6.07) is 3.16. The SMILES string of the molecule is Nc1cccnc1N1CCC(O)(C(F)(F)F)C1. The lowest BCUT2D eigenvalue weighted by Gasteiger charge is -2.26. The maximum atomic E-state index is 12.6. The van der Waals surface area contributed by atoms with Crippen LogP contribution in [0.15, 0.2) is 18.3 Å². The highest BCUT2D eigenvalue weighted by Gasteiger charge is 2.57. The summed E-state index contributed by atoms with van der Waals surface area (Å²) < 4.78 is 37.8. The maximum absolute atomic E-state index is 12.6. The van der Waals surface area contributed by atoms with Gasteiger partial charge < -0.3 is 15.7 Å².